The Morgan fingerprint density at radius 1 is 1.32 bits per heavy atom. The topological polar surface area (TPSA) is 49.8 Å². The van der Waals surface area contributed by atoms with Crippen molar-refractivity contribution in [2.75, 3.05) is 26.3 Å². The molecule has 1 aliphatic heterocycles. The fourth-order valence-electron chi connectivity index (χ4n) is 2.28. The van der Waals surface area contributed by atoms with Gasteiger partial charge in [0.2, 0.25) is 0 Å². The smallest absolute Gasteiger partial charge is 0.335 e. The molecule has 1 aromatic carbocycles. The highest BCUT2D eigenvalue weighted by Gasteiger charge is 2.13. The molecule has 4 nitrogen and oxygen atoms in total. The zero-order valence-electron chi connectivity index (χ0n) is 10.5. The maximum absolute atomic E-state index is 11.0. The number of carbonyl (C=O) groups is 1. The van der Waals surface area contributed by atoms with E-state index in [4.69, 9.17) is 9.84 Å². The van der Waals surface area contributed by atoms with Gasteiger partial charge in [-0.25, -0.2) is 4.79 Å². The average molecular weight is 277 g/mol. The van der Waals surface area contributed by atoms with Crippen LogP contribution in [0.5, 0.6) is 0 Å². The van der Waals surface area contributed by atoms with E-state index in [1.807, 2.05) is 6.07 Å². The molecule has 100 valence electrons. The van der Waals surface area contributed by atoms with E-state index in [9.17, 15) is 4.79 Å². The zero-order valence-corrected chi connectivity index (χ0v) is 11.3. The first-order chi connectivity index (χ1) is 9.22. The van der Waals surface area contributed by atoms with Crippen molar-refractivity contribution in [1.29, 1.82) is 0 Å². The number of thiophene rings is 1. The third kappa shape index (κ3) is 2.78. The molecule has 2 aromatic rings. The fraction of sp³-hybridized carbons (Fsp3) is 0.357. The molecule has 3 rings (SSSR count). The monoisotopic (exact) mass is 277 g/mol. The third-order valence-corrected chi connectivity index (χ3v) is 4.38. The van der Waals surface area contributed by atoms with Gasteiger partial charge in [-0.05, 0) is 23.6 Å². The molecule has 1 N–H and O–H groups in total. The zero-order chi connectivity index (χ0) is 13.2. The molecule has 1 aliphatic rings. The number of aromatic carboxylic acids is 1. The lowest BCUT2D eigenvalue weighted by Gasteiger charge is -2.25. The first-order valence-corrected chi connectivity index (χ1v) is 7.10. The Balaban J connectivity index is 1.82. The lowest BCUT2D eigenvalue weighted by molar-refractivity contribution is 0.0346. The summed E-state index contributed by atoms with van der Waals surface area (Å²) >= 11 is 1.68. The highest BCUT2D eigenvalue weighted by Crippen LogP contribution is 2.27. The van der Waals surface area contributed by atoms with Crippen LogP contribution in [-0.4, -0.2) is 42.3 Å². The summed E-state index contributed by atoms with van der Waals surface area (Å²) in [5.74, 6) is -0.870. The first kappa shape index (κ1) is 12.6. The molecule has 5 heteroatoms. The van der Waals surface area contributed by atoms with Gasteiger partial charge in [-0.15, -0.1) is 11.3 Å². The van der Waals surface area contributed by atoms with Gasteiger partial charge in [0.1, 0.15) is 0 Å². The van der Waals surface area contributed by atoms with E-state index < -0.39 is 5.97 Å². The summed E-state index contributed by atoms with van der Waals surface area (Å²) in [7, 11) is 0. The molecular formula is C14H15NO3S. The Labute approximate surface area is 115 Å². The third-order valence-electron chi connectivity index (χ3n) is 3.30. The van der Waals surface area contributed by atoms with E-state index in [0.29, 0.717) is 5.56 Å². The van der Waals surface area contributed by atoms with E-state index in [2.05, 4.69) is 11.0 Å². The van der Waals surface area contributed by atoms with Crippen LogP contribution in [0.2, 0.25) is 0 Å². The lowest BCUT2D eigenvalue weighted by Crippen LogP contribution is -2.35. The molecule has 0 amide bonds. The second-order valence-electron chi connectivity index (χ2n) is 4.66. The summed E-state index contributed by atoms with van der Waals surface area (Å²) in [6, 6.07) is 7.46. The van der Waals surface area contributed by atoms with Crippen molar-refractivity contribution in [3.8, 4) is 0 Å². The van der Waals surface area contributed by atoms with Crippen molar-refractivity contribution in [1.82, 2.24) is 4.90 Å². The molecule has 19 heavy (non-hydrogen) atoms. The van der Waals surface area contributed by atoms with Crippen molar-refractivity contribution in [3.63, 3.8) is 0 Å². The molecule has 0 bridgehead atoms. The predicted molar refractivity (Wildman–Crippen MR) is 74.9 cm³/mol. The van der Waals surface area contributed by atoms with E-state index >= 15 is 0 Å². The van der Waals surface area contributed by atoms with E-state index in [-0.39, 0.29) is 0 Å². The van der Waals surface area contributed by atoms with Crippen LogP contribution in [-0.2, 0) is 11.3 Å². The van der Waals surface area contributed by atoms with Gasteiger partial charge in [0.05, 0.1) is 18.8 Å². The Kier molecular flexibility index (Phi) is 3.50. The molecule has 1 fully saturated rings. The normalized spacial score (nSPS) is 16.8. The van der Waals surface area contributed by atoms with Gasteiger partial charge in [0, 0.05) is 29.2 Å². The van der Waals surface area contributed by atoms with Crippen LogP contribution in [0.3, 0.4) is 0 Å². The van der Waals surface area contributed by atoms with Crippen LogP contribution in [0.15, 0.2) is 24.3 Å². The van der Waals surface area contributed by atoms with Crippen molar-refractivity contribution < 1.29 is 14.6 Å². The van der Waals surface area contributed by atoms with Crippen LogP contribution in [0.4, 0.5) is 0 Å². The number of benzene rings is 1. The first-order valence-electron chi connectivity index (χ1n) is 6.28. The molecule has 0 spiro atoms. The predicted octanol–water partition coefficient (Wildman–Crippen LogP) is 2.43. The highest BCUT2D eigenvalue weighted by atomic mass is 32.1. The van der Waals surface area contributed by atoms with Gasteiger partial charge >= 0.3 is 5.97 Å². The Hall–Kier alpha value is -1.43. The fourth-order valence-corrected chi connectivity index (χ4v) is 3.42. The number of fused-ring (bicyclic) bond motifs is 1. The van der Waals surface area contributed by atoms with Crippen molar-refractivity contribution in [3.05, 3.63) is 34.7 Å². The summed E-state index contributed by atoms with van der Waals surface area (Å²) in [4.78, 5) is 14.6. The van der Waals surface area contributed by atoms with Crippen molar-refractivity contribution in [2.24, 2.45) is 0 Å². The number of hydrogen-bond acceptors (Lipinski definition) is 4. The minimum atomic E-state index is -0.870. The number of morpholine rings is 1. The molecule has 1 saturated heterocycles. The van der Waals surface area contributed by atoms with Gasteiger partial charge < -0.3 is 9.84 Å². The molecule has 0 radical (unpaired) electrons. The molecule has 0 atom stereocenters. The largest absolute Gasteiger partial charge is 0.478 e. The quantitative estimate of drug-likeness (QED) is 0.936. The van der Waals surface area contributed by atoms with Gasteiger partial charge in [-0.1, -0.05) is 6.07 Å². The Morgan fingerprint density at radius 3 is 2.84 bits per heavy atom. The van der Waals surface area contributed by atoms with Gasteiger partial charge in [0.15, 0.2) is 0 Å². The van der Waals surface area contributed by atoms with Crippen LogP contribution >= 0.6 is 11.3 Å². The lowest BCUT2D eigenvalue weighted by atomic mass is 10.2. The SMILES string of the molecule is O=C(O)c1ccc2cc(CN3CCOCC3)sc2c1. The molecule has 0 aliphatic carbocycles. The van der Waals surface area contributed by atoms with Gasteiger partial charge in [0.25, 0.3) is 0 Å². The maximum atomic E-state index is 11.0. The van der Waals surface area contributed by atoms with Crippen LogP contribution < -0.4 is 0 Å². The molecule has 1 aromatic heterocycles. The minimum absolute atomic E-state index is 0.354. The second kappa shape index (κ2) is 5.28. The van der Waals surface area contributed by atoms with E-state index in [0.717, 1.165) is 42.9 Å². The minimum Gasteiger partial charge on any atom is -0.478 e. The van der Waals surface area contributed by atoms with Gasteiger partial charge in [-0.2, -0.15) is 0 Å². The second-order valence-corrected chi connectivity index (χ2v) is 5.83. The van der Waals surface area contributed by atoms with Crippen LogP contribution in [0.25, 0.3) is 10.1 Å². The number of hydrogen-bond donors (Lipinski definition) is 1. The molecule has 2 heterocycles. The number of ether oxygens (including phenoxy) is 1. The number of nitrogens with zero attached hydrogens (tertiary/aromatic N) is 1. The Morgan fingerprint density at radius 2 is 2.11 bits per heavy atom. The summed E-state index contributed by atoms with van der Waals surface area (Å²) < 4.78 is 6.38. The molecule has 0 unspecified atom stereocenters. The number of carboxylic acid groups (broad SMARTS) is 1. The highest BCUT2D eigenvalue weighted by molar-refractivity contribution is 7.19. The number of carboxylic acids is 1. The average Bonchev–Trinajstić information content (AvgIpc) is 2.80. The van der Waals surface area contributed by atoms with Crippen LogP contribution in [0, 0.1) is 0 Å². The van der Waals surface area contributed by atoms with Crippen molar-refractivity contribution >= 4 is 27.4 Å². The van der Waals surface area contributed by atoms with Crippen LogP contribution in [0.1, 0.15) is 15.2 Å². The Bertz CT molecular complexity index is 602. The molecular weight excluding hydrogens is 262 g/mol. The summed E-state index contributed by atoms with van der Waals surface area (Å²) in [6.45, 7) is 4.45. The van der Waals surface area contributed by atoms with Gasteiger partial charge in [-0.3, -0.25) is 4.90 Å². The van der Waals surface area contributed by atoms with Crippen molar-refractivity contribution in [2.45, 2.75) is 6.54 Å². The maximum Gasteiger partial charge on any atom is 0.335 e. The van der Waals surface area contributed by atoms with E-state index in [1.165, 1.54) is 4.88 Å². The number of rotatable bonds is 3. The van der Waals surface area contributed by atoms with E-state index in [1.54, 1.807) is 23.5 Å². The summed E-state index contributed by atoms with van der Waals surface area (Å²) in [5, 5.41) is 10.1. The summed E-state index contributed by atoms with van der Waals surface area (Å²) in [5.41, 5.74) is 0.354. The standard InChI is InChI=1S/C14H15NO3S/c16-14(17)11-2-1-10-7-12(19-13(10)8-11)9-15-3-5-18-6-4-15/h1-2,7-8H,3-6,9H2,(H,16,17). The molecule has 0 saturated carbocycles. The summed E-state index contributed by atoms with van der Waals surface area (Å²) in [6.07, 6.45) is 0.